The Balaban J connectivity index is 2.87. The van der Waals surface area contributed by atoms with E-state index in [1.54, 1.807) is 12.1 Å². The molecule has 2 amide bonds. The van der Waals surface area contributed by atoms with Crippen molar-refractivity contribution in [3.05, 3.63) is 29.3 Å². The summed E-state index contributed by atoms with van der Waals surface area (Å²) in [7, 11) is 0. The average molecular weight is 248 g/mol. The molecule has 0 bridgehead atoms. The van der Waals surface area contributed by atoms with Crippen LogP contribution in [0.4, 0.5) is 10.5 Å². The molecule has 5 N–H and O–H groups in total. The molecule has 0 radical (unpaired) electrons. The molecule has 0 atom stereocenters. The van der Waals surface area contributed by atoms with Gasteiger partial charge >= 0.3 is 6.03 Å². The molecule has 0 spiro atoms. The lowest BCUT2D eigenvalue weighted by molar-refractivity contribution is 0.244. The summed E-state index contributed by atoms with van der Waals surface area (Å²) in [6, 6.07) is 5.00. The van der Waals surface area contributed by atoms with Crippen LogP contribution in [0.25, 0.3) is 0 Å². The molecule has 0 saturated carbocycles. The number of carbonyl (C=O) groups is 1. The van der Waals surface area contributed by atoms with Crippen molar-refractivity contribution < 1.29 is 4.79 Å². The van der Waals surface area contributed by atoms with E-state index in [1.165, 1.54) is 0 Å². The van der Waals surface area contributed by atoms with Crippen molar-refractivity contribution in [3.8, 4) is 0 Å². The van der Waals surface area contributed by atoms with Crippen molar-refractivity contribution in [1.82, 2.24) is 5.32 Å². The van der Waals surface area contributed by atoms with E-state index in [9.17, 15) is 4.79 Å². The summed E-state index contributed by atoms with van der Waals surface area (Å²) in [5.41, 5.74) is 7.29. The van der Waals surface area contributed by atoms with Gasteiger partial charge in [-0.2, -0.15) is 0 Å². The molecule has 0 heterocycles. The number of amidine groups is 1. The Kier molecular flexibility index (Phi) is 3.96. The van der Waals surface area contributed by atoms with E-state index in [2.05, 4.69) is 10.6 Å². The molecule has 5 heteroatoms. The second kappa shape index (κ2) is 5.08. The Labute approximate surface area is 107 Å². The molecular formula is C13H20N4O. The van der Waals surface area contributed by atoms with Crippen molar-refractivity contribution in [3.63, 3.8) is 0 Å². The van der Waals surface area contributed by atoms with Crippen LogP contribution < -0.4 is 16.4 Å². The molecule has 0 fully saturated rings. The third-order valence-corrected chi connectivity index (χ3v) is 2.29. The molecule has 0 saturated heterocycles. The number of anilines is 1. The highest BCUT2D eigenvalue weighted by Gasteiger charge is 2.14. The summed E-state index contributed by atoms with van der Waals surface area (Å²) in [5.74, 6) is -0.0192. The Hall–Kier alpha value is -2.04. The highest BCUT2D eigenvalue weighted by atomic mass is 16.2. The summed E-state index contributed by atoms with van der Waals surface area (Å²) in [6.07, 6.45) is 0. The largest absolute Gasteiger partial charge is 0.384 e. The third-order valence-electron chi connectivity index (χ3n) is 2.29. The van der Waals surface area contributed by atoms with Crippen LogP contribution in [-0.2, 0) is 0 Å². The number of urea groups is 1. The van der Waals surface area contributed by atoms with E-state index in [0.717, 1.165) is 5.56 Å². The van der Waals surface area contributed by atoms with Crippen molar-refractivity contribution in [2.45, 2.75) is 33.2 Å². The molecule has 5 nitrogen and oxygen atoms in total. The van der Waals surface area contributed by atoms with Gasteiger partial charge in [-0.15, -0.1) is 0 Å². The minimum atomic E-state index is -0.295. The van der Waals surface area contributed by atoms with Crippen molar-refractivity contribution in [2.24, 2.45) is 5.73 Å². The lowest BCUT2D eigenvalue weighted by Crippen LogP contribution is -2.43. The van der Waals surface area contributed by atoms with Gasteiger partial charge in [0.2, 0.25) is 0 Å². The quantitative estimate of drug-likeness (QED) is 0.477. The highest BCUT2D eigenvalue weighted by molar-refractivity contribution is 5.98. The summed E-state index contributed by atoms with van der Waals surface area (Å²) >= 11 is 0. The molecule has 18 heavy (non-hydrogen) atoms. The number of carbonyl (C=O) groups excluding carboxylic acids is 1. The molecule has 0 unspecified atom stereocenters. The maximum atomic E-state index is 11.8. The second-order valence-corrected chi connectivity index (χ2v) is 5.27. The van der Waals surface area contributed by atoms with Crippen LogP contribution in [0.15, 0.2) is 18.2 Å². The first-order chi connectivity index (χ1) is 8.19. The number of nitrogens with two attached hydrogens (primary N) is 1. The van der Waals surface area contributed by atoms with E-state index in [1.807, 2.05) is 33.8 Å². The van der Waals surface area contributed by atoms with Crippen LogP contribution in [0.5, 0.6) is 0 Å². The van der Waals surface area contributed by atoms with Gasteiger partial charge in [-0.1, -0.05) is 12.1 Å². The van der Waals surface area contributed by atoms with E-state index in [4.69, 9.17) is 11.1 Å². The molecular weight excluding hydrogens is 228 g/mol. The van der Waals surface area contributed by atoms with Crippen LogP contribution >= 0.6 is 0 Å². The van der Waals surface area contributed by atoms with E-state index < -0.39 is 0 Å². The number of hydrogen-bond donors (Lipinski definition) is 4. The first-order valence-electron chi connectivity index (χ1n) is 5.73. The van der Waals surface area contributed by atoms with Crippen LogP contribution in [0.1, 0.15) is 31.9 Å². The molecule has 0 aliphatic heterocycles. The normalized spacial score (nSPS) is 10.9. The summed E-state index contributed by atoms with van der Waals surface area (Å²) in [6.45, 7) is 7.61. The fourth-order valence-electron chi connectivity index (χ4n) is 1.42. The fraction of sp³-hybridized carbons (Fsp3) is 0.385. The van der Waals surface area contributed by atoms with Gasteiger partial charge in [0.25, 0.3) is 0 Å². The summed E-state index contributed by atoms with van der Waals surface area (Å²) in [4.78, 5) is 11.8. The standard InChI is InChI=1S/C13H20N4O/c1-8-5-6-9(11(14)15)7-10(8)16-12(18)17-13(2,3)4/h5-7H,1-4H3,(H3,14,15)(H2,16,17,18). The number of nitrogens with one attached hydrogen (secondary N) is 3. The van der Waals surface area contributed by atoms with Gasteiger partial charge in [0.1, 0.15) is 5.84 Å². The average Bonchev–Trinajstić information content (AvgIpc) is 2.18. The number of rotatable bonds is 2. The van der Waals surface area contributed by atoms with E-state index >= 15 is 0 Å². The number of amides is 2. The molecule has 1 aromatic rings. The van der Waals surface area contributed by atoms with Crippen LogP contribution in [0, 0.1) is 12.3 Å². The molecule has 98 valence electrons. The SMILES string of the molecule is Cc1ccc(C(=N)N)cc1NC(=O)NC(C)(C)C. The molecule has 0 aromatic heterocycles. The number of nitrogen functional groups attached to an aromatic ring is 1. The minimum absolute atomic E-state index is 0.0192. The Morgan fingerprint density at radius 1 is 1.33 bits per heavy atom. The van der Waals surface area contributed by atoms with Gasteiger partial charge < -0.3 is 16.4 Å². The minimum Gasteiger partial charge on any atom is -0.384 e. The predicted molar refractivity (Wildman–Crippen MR) is 74.1 cm³/mol. The van der Waals surface area contributed by atoms with Gasteiger partial charge in [-0.25, -0.2) is 4.79 Å². The lowest BCUT2D eigenvalue weighted by Gasteiger charge is -2.21. The first-order valence-corrected chi connectivity index (χ1v) is 5.73. The van der Waals surface area contributed by atoms with Gasteiger partial charge in [0.15, 0.2) is 0 Å². The van der Waals surface area contributed by atoms with Crippen molar-refractivity contribution in [2.75, 3.05) is 5.32 Å². The fourth-order valence-corrected chi connectivity index (χ4v) is 1.42. The maximum Gasteiger partial charge on any atom is 0.319 e. The van der Waals surface area contributed by atoms with Crippen LogP contribution in [-0.4, -0.2) is 17.4 Å². The summed E-state index contributed by atoms with van der Waals surface area (Å²) in [5, 5.41) is 12.9. The molecule has 0 aliphatic rings. The third kappa shape index (κ3) is 4.08. The Morgan fingerprint density at radius 2 is 1.94 bits per heavy atom. The van der Waals surface area contributed by atoms with Crippen LogP contribution in [0.3, 0.4) is 0 Å². The Morgan fingerprint density at radius 3 is 2.44 bits per heavy atom. The zero-order chi connectivity index (χ0) is 13.9. The smallest absolute Gasteiger partial charge is 0.319 e. The second-order valence-electron chi connectivity index (χ2n) is 5.27. The zero-order valence-corrected chi connectivity index (χ0v) is 11.2. The lowest BCUT2D eigenvalue weighted by atomic mass is 10.1. The Bertz CT molecular complexity index is 474. The first kappa shape index (κ1) is 14.0. The number of benzene rings is 1. The molecule has 1 rings (SSSR count). The zero-order valence-electron chi connectivity index (χ0n) is 11.2. The van der Waals surface area contributed by atoms with Gasteiger partial charge in [0, 0.05) is 16.8 Å². The van der Waals surface area contributed by atoms with Crippen molar-refractivity contribution in [1.29, 1.82) is 5.41 Å². The highest BCUT2D eigenvalue weighted by Crippen LogP contribution is 2.16. The molecule has 0 aliphatic carbocycles. The maximum absolute atomic E-state index is 11.8. The van der Waals surface area contributed by atoms with Crippen LogP contribution in [0.2, 0.25) is 0 Å². The summed E-state index contributed by atoms with van der Waals surface area (Å²) < 4.78 is 0. The predicted octanol–water partition coefficient (Wildman–Crippen LogP) is 2.20. The number of hydrogen-bond acceptors (Lipinski definition) is 2. The van der Waals surface area contributed by atoms with Crippen molar-refractivity contribution >= 4 is 17.6 Å². The van der Waals surface area contributed by atoms with E-state index in [-0.39, 0.29) is 17.4 Å². The van der Waals surface area contributed by atoms with E-state index in [0.29, 0.717) is 11.3 Å². The number of aryl methyl sites for hydroxylation is 1. The topological polar surface area (TPSA) is 91.0 Å². The van der Waals surface area contributed by atoms with Gasteiger partial charge in [-0.3, -0.25) is 5.41 Å². The molecule has 1 aromatic carbocycles. The van der Waals surface area contributed by atoms with Gasteiger partial charge in [-0.05, 0) is 39.3 Å². The monoisotopic (exact) mass is 248 g/mol. The van der Waals surface area contributed by atoms with Gasteiger partial charge in [0.05, 0.1) is 0 Å².